The fourth-order valence-electron chi connectivity index (χ4n) is 3.39. The molecule has 7 heteroatoms. The molecule has 2 aromatic rings. The number of hydrogen-bond acceptors (Lipinski definition) is 4. The van der Waals surface area contributed by atoms with Gasteiger partial charge in [-0.1, -0.05) is 30.3 Å². The number of hydrogen-bond donors (Lipinski definition) is 2. The Bertz CT molecular complexity index is 735. The van der Waals surface area contributed by atoms with Gasteiger partial charge in [-0.05, 0) is 31.5 Å². The lowest BCUT2D eigenvalue weighted by Gasteiger charge is -2.31. The monoisotopic (exact) mass is 355 g/mol. The zero-order valence-corrected chi connectivity index (χ0v) is 14.8. The van der Waals surface area contributed by atoms with Gasteiger partial charge in [0.1, 0.15) is 12.4 Å². The molecule has 3 rings (SSSR count). The Hall–Kier alpha value is -2.67. The van der Waals surface area contributed by atoms with Crippen LogP contribution >= 0.6 is 0 Å². The molecule has 1 aliphatic heterocycles. The lowest BCUT2D eigenvalue weighted by Crippen LogP contribution is -2.41. The second-order valence-corrected chi connectivity index (χ2v) is 6.69. The van der Waals surface area contributed by atoms with Gasteiger partial charge in [-0.25, -0.2) is 4.98 Å². The molecule has 1 aromatic heterocycles. The average molecular weight is 355 g/mol. The number of carbonyl (C=O) groups is 2. The van der Waals surface area contributed by atoms with E-state index in [1.165, 1.54) is 0 Å². The zero-order chi connectivity index (χ0) is 18.4. The molecule has 26 heavy (non-hydrogen) atoms. The minimum absolute atomic E-state index is 0.0440. The molecule has 2 heterocycles. The lowest BCUT2D eigenvalue weighted by molar-refractivity contribution is -0.122. The Morgan fingerprint density at radius 3 is 2.58 bits per heavy atom. The molecule has 0 saturated carbocycles. The molecule has 0 unspecified atom stereocenters. The van der Waals surface area contributed by atoms with E-state index in [0.717, 1.165) is 37.3 Å². The first-order valence-electron chi connectivity index (χ1n) is 8.94. The Labute approximate surface area is 153 Å². The zero-order valence-electron chi connectivity index (χ0n) is 14.8. The molecular formula is C19H25N5O2. The van der Waals surface area contributed by atoms with Gasteiger partial charge in [0.2, 0.25) is 11.8 Å². The molecule has 1 fully saturated rings. The van der Waals surface area contributed by atoms with E-state index in [9.17, 15) is 9.59 Å². The number of amides is 2. The minimum atomic E-state index is -0.364. The maximum absolute atomic E-state index is 12.1. The topological polar surface area (TPSA) is 93.2 Å². The maximum atomic E-state index is 12.1. The number of imidazole rings is 1. The van der Waals surface area contributed by atoms with Crippen LogP contribution in [0.1, 0.15) is 30.1 Å². The van der Waals surface area contributed by atoms with Gasteiger partial charge in [0, 0.05) is 24.9 Å². The van der Waals surface area contributed by atoms with E-state index in [4.69, 9.17) is 5.73 Å². The van der Waals surface area contributed by atoms with Crippen LogP contribution in [-0.4, -0.2) is 45.9 Å². The quantitative estimate of drug-likeness (QED) is 0.770. The molecule has 0 spiro atoms. The molecule has 138 valence electrons. The predicted octanol–water partition coefficient (Wildman–Crippen LogP) is 0.864. The Morgan fingerprint density at radius 2 is 1.88 bits per heavy atom. The molecule has 0 atom stereocenters. The highest BCUT2D eigenvalue weighted by Crippen LogP contribution is 2.26. The largest absolute Gasteiger partial charge is 0.368 e. The van der Waals surface area contributed by atoms with E-state index in [0.29, 0.717) is 19.0 Å². The second-order valence-electron chi connectivity index (χ2n) is 6.69. The maximum Gasteiger partial charge on any atom is 0.237 e. The van der Waals surface area contributed by atoms with Crippen LogP contribution in [0.3, 0.4) is 0 Å². The predicted molar refractivity (Wildman–Crippen MR) is 98.1 cm³/mol. The number of carbonyl (C=O) groups excluding carboxylic acids is 2. The summed E-state index contributed by atoms with van der Waals surface area (Å²) < 4.78 is 1.83. The van der Waals surface area contributed by atoms with Crippen molar-refractivity contribution >= 4 is 11.8 Å². The lowest BCUT2D eigenvalue weighted by atomic mass is 9.96. The van der Waals surface area contributed by atoms with Gasteiger partial charge in [-0.2, -0.15) is 0 Å². The number of benzene rings is 1. The normalized spacial score (nSPS) is 15.7. The highest BCUT2D eigenvalue weighted by Gasteiger charge is 2.25. The summed E-state index contributed by atoms with van der Waals surface area (Å²) in [7, 11) is 0. The fraction of sp³-hybridized carbons (Fsp3) is 0.421. The van der Waals surface area contributed by atoms with E-state index in [2.05, 4.69) is 15.2 Å². The molecular weight excluding hydrogens is 330 g/mol. The Kier molecular flexibility index (Phi) is 6.01. The smallest absolute Gasteiger partial charge is 0.237 e. The molecule has 7 nitrogen and oxygen atoms in total. The van der Waals surface area contributed by atoms with Crippen molar-refractivity contribution in [3.8, 4) is 0 Å². The fourth-order valence-corrected chi connectivity index (χ4v) is 3.39. The van der Waals surface area contributed by atoms with Crippen LogP contribution in [0.2, 0.25) is 0 Å². The van der Waals surface area contributed by atoms with Gasteiger partial charge >= 0.3 is 0 Å². The van der Waals surface area contributed by atoms with Crippen molar-refractivity contribution in [2.75, 3.05) is 19.6 Å². The molecule has 2 amide bonds. The highest BCUT2D eigenvalue weighted by atomic mass is 16.2. The number of aromatic nitrogens is 2. The number of nitrogens with one attached hydrogen (secondary N) is 1. The number of nitrogens with two attached hydrogens (primary N) is 1. The standard InChI is InChI=1S/C19H25N5O2/c20-17(25)13-24-11-8-21-19(24)16-6-9-23(10-7-16)14-18(26)22-12-15-4-2-1-3-5-15/h1-5,8,11,16H,6-7,9-10,12-14H2,(H2,20,25)(H,22,26). The Morgan fingerprint density at radius 1 is 1.15 bits per heavy atom. The summed E-state index contributed by atoms with van der Waals surface area (Å²) in [5.41, 5.74) is 6.39. The van der Waals surface area contributed by atoms with Crippen molar-refractivity contribution in [1.82, 2.24) is 19.8 Å². The van der Waals surface area contributed by atoms with E-state index in [1.54, 1.807) is 12.4 Å². The third-order valence-corrected chi connectivity index (χ3v) is 4.73. The first kappa shape index (κ1) is 18.1. The van der Waals surface area contributed by atoms with E-state index < -0.39 is 0 Å². The van der Waals surface area contributed by atoms with Crippen molar-refractivity contribution in [1.29, 1.82) is 0 Å². The summed E-state index contributed by atoms with van der Waals surface area (Å²) in [4.78, 5) is 29.9. The number of primary amides is 1. The molecule has 0 bridgehead atoms. The van der Waals surface area contributed by atoms with Crippen molar-refractivity contribution in [2.45, 2.75) is 31.8 Å². The van der Waals surface area contributed by atoms with Crippen LogP contribution < -0.4 is 11.1 Å². The van der Waals surface area contributed by atoms with Crippen molar-refractivity contribution in [3.05, 3.63) is 54.1 Å². The molecule has 1 aromatic carbocycles. The Balaban J connectivity index is 1.44. The number of nitrogens with zero attached hydrogens (tertiary/aromatic N) is 3. The van der Waals surface area contributed by atoms with Crippen LogP contribution in [0.25, 0.3) is 0 Å². The summed E-state index contributed by atoms with van der Waals surface area (Å²) in [6.45, 7) is 2.81. The van der Waals surface area contributed by atoms with E-state index in [-0.39, 0.29) is 18.4 Å². The first-order chi connectivity index (χ1) is 12.6. The van der Waals surface area contributed by atoms with E-state index >= 15 is 0 Å². The average Bonchev–Trinajstić information content (AvgIpc) is 3.09. The van der Waals surface area contributed by atoms with Gasteiger partial charge in [0.25, 0.3) is 0 Å². The molecule has 1 saturated heterocycles. The van der Waals surface area contributed by atoms with E-state index in [1.807, 2.05) is 34.9 Å². The van der Waals surface area contributed by atoms with Crippen LogP contribution in [0.5, 0.6) is 0 Å². The minimum Gasteiger partial charge on any atom is -0.368 e. The third kappa shape index (κ3) is 4.92. The number of rotatable bonds is 7. The van der Waals surface area contributed by atoms with Crippen molar-refractivity contribution in [3.63, 3.8) is 0 Å². The molecule has 3 N–H and O–H groups in total. The summed E-state index contributed by atoms with van der Waals surface area (Å²) in [5.74, 6) is 0.893. The van der Waals surface area contributed by atoms with Crippen LogP contribution in [0, 0.1) is 0 Å². The van der Waals surface area contributed by atoms with Crippen molar-refractivity contribution < 1.29 is 9.59 Å². The van der Waals surface area contributed by atoms with Crippen LogP contribution in [0.4, 0.5) is 0 Å². The van der Waals surface area contributed by atoms with Gasteiger partial charge in [-0.3, -0.25) is 14.5 Å². The number of likely N-dealkylation sites (tertiary alicyclic amines) is 1. The summed E-state index contributed by atoms with van der Waals surface area (Å²) in [5, 5.41) is 2.97. The SMILES string of the molecule is NC(=O)Cn1ccnc1C1CCN(CC(=O)NCc2ccccc2)CC1. The first-order valence-corrected chi connectivity index (χ1v) is 8.94. The number of piperidine rings is 1. The highest BCUT2D eigenvalue weighted by molar-refractivity contribution is 5.78. The third-order valence-electron chi connectivity index (χ3n) is 4.73. The summed E-state index contributed by atoms with van der Waals surface area (Å²) >= 11 is 0. The van der Waals surface area contributed by atoms with Gasteiger partial charge in [0.15, 0.2) is 0 Å². The van der Waals surface area contributed by atoms with Gasteiger partial charge < -0.3 is 15.6 Å². The van der Waals surface area contributed by atoms with Crippen LogP contribution in [0.15, 0.2) is 42.7 Å². The summed E-state index contributed by atoms with van der Waals surface area (Å²) in [6.07, 6.45) is 5.34. The summed E-state index contributed by atoms with van der Waals surface area (Å²) in [6, 6.07) is 9.90. The van der Waals surface area contributed by atoms with Crippen molar-refractivity contribution in [2.24, 2.45) is 5.73 Å². The van der Waals surface area contributed by atoms with Gasteiger partial charge in [0.05, 0.1) is 6.54 Å². The second kappa shape index (κ2) is 8.62. The van der Waals surface area contributed by atoms with Gasteiger partial charge in [-0.15, -0.1) is 0 Å². The molecule has 1 aliphatic rings. The molecule has 0 radical (unpaired) electrons. The van der Waals surface area contributed by atoms with Crippen LogP contribution in [-0.2, 0) is 22.7 Å². The molecule has 0 aliphatic carbocycles.